The van der Waals surface area contributed by atoms with E-state index in [1.165, 1.54) is 60.2 Å². The molecule has 0 aliphatic carbocycles. The number of benzene rings is 1. The van der Waals surface area contributed by atoms with Crippen LogP contribution in [0.4, 0.5) is 5.13 Å². The van der Waals surface area contributed by atoms with Crippen molar-refractivity contribution in [2.75, 3.05) is 17.2 Å². The van der Waals surface area contributed by atoms with Gasteiger partial charge in [0.05, 0.1) is 0 Å². The second kappa shape index (κ2) is 15.3. The molecule has 18 nitrogen and oxygen atoms in total. The van der Waals surface area contributed by atoms with Crippen LogP contribution in [-0.4, -0.2) is 99.2 Å². The summed E-state index contributed by atoms with van der Waals surface area (Å²) < 4.78 is 0.650. The van der Waals surface area contributed by atoms with Gasteiger partial charge in [0.15, 0.2) is 26.7 Å². The van der Waals surface area contributed by atoms with Gasteiger partial charge in [0.25, 0.3) is 23.6 Å². The van der Waals surface area contributed by atoms with E-state index in [0.29, 0.717) is 9.91 Å². The number of carbonyl (C=O) groups excluding carboxylic acids is 4. The number of aromatic nitrogens is 3. The molecule has 2 aromatic heterocycles. The average Bonchev–Trinajstić information content (AvgIpc) is 3.73. The molecule has 2 aliphatic heterocycles. The molecule has 0 bridgehead atoms. The molecule has 8 N–H and O–H groups in total. The molecule has 0 radical (unpaired) electrons. The molecule has 0 spiro atoms. The maximum Gasteiger partial charge on any atom is 0.352 e. The number of oxime groups is 1. The Bertz CT molecular complexity index is 1850. The number of nitrogens with two attached hydrogens (primary N) is 1. The van der Waals surface area contributed by atoms with Crippen LogP contribution in [0.2, 0.25) is 0 Å². The Morgan fingerprint density at radius 2 is 1.94 bits per heavy atom. The average molecular weight is 772 g/mol. The van der Waals surface area contributed by atoms with Crippen LogP contribution in [0.1, 0.15) is 29.9 Å². The molecular formula is C26H26ClN9O9S4. The maximum atomic E-state index is 13.5. The molecule has 4 heterocycles. The van der Waals surface area contributed by atoms with Gasteiger partial charge in [-0.3, -0.25) is 34.9 Å². The number of hydrogen-bond donors (Lipinski definition) is 7. The molecule has 2 atom stereocenters. The van der Waals surface area contributed by atoms with Crippen LogP contribution < -0.4 is 21.9 Å². The van der Waals surface area contributed by atoms with E-state index in [0.717, 1.165) is 28.4 Å². The summed E-state index contributed by atoms with van der Waals surface area (Å²) in [5.74, 6) is -4.96. The molecule has 1 aromatic carbocycles. The van der Waals surface area contributed by atoms with E-state index in [2.05, 4.69) is 36.5 Å². The van der Waals surface area contributed by atoms with Crippen molar-refractivity contribution >= 4 is 99.0 Å². The number of nitrogens with one attached hydrogen (secondary N) is 3. The Labute approximate surface area is 298 Å². The number of anilines is 1. The van der Waals surface area contributed by atoms with Gasteiger partial charge < -0.3 is 31.2 Å². The van der Waals surface area contributed by atoms with Gasteiger partial charge in [0, 0.05) is 22.4 Å². The number of thioether (sulfide) groups is 2. The zero-order valence-electron chi connectivity index (χ0n) is 25.1. The lowest BCUT2D eigenvalue weighted by Crippen LogP contribution is -2.71. The number of halogens is 1. The number of thiazole rings is 1. The van der Waals surface area contributed by atoms with E-state index < -0.39 is 63.8 Å². The van der Waals surface area contributed by atoms with Gasteiger partial charge >= 0.3 is 5.97 Å². The number of nitrogens with zero attached hydrogens (tertiary/aromatic N) is 5. The minimum Gasteiger partial charge on any atom is -0.504 e. The van der Waals surface area contributed by atoms with E-state index in [9.17, 15) is 39.3 Å². The Hall–Kier alpha value is -4.64. The van der Waals surface area contributed by atoms with Crippen LogP contribution in [0.25, 0.3) is 0 Å². The van der Waals surface area contributed by atoms with Crippen LogP contribution in [0.5, 0.6) is 11.5 Å². The van der Waals surface area contributed by atoms with Crippen LogP contribution >= 0.6 is 58.6 Å². The first-order chi connectivity index (χ1) is 22.8. The molecule has 0 saturated carbocycles. The van der Waals surface area contributed by atoms with E-state index in [1.807, 2.05) is 0 Å². The lowest BCUT2D eigenvalue weighted by atomic mass is 10.0. The number of hydrogen-bond acceptors (Lipinski definition) is 17. The first kappa shape index (κ1) is 37.2. The largest absolute Gasteiger partial charge is 0.504 e. The van der Waals surface area contributed by atoms with E-state index in [1.54, 1.807) is 5.51 Å². The number of nitrogen functional groups attached to an aromatic ring is 1. The highest BCUT2D eigenvalue weighted by atomic mass is 35.5. The number of phenols is 2. The SMILES string of the molecule is CC(C)(ON=C(C(=O)NC1C(=O)N2C(C(=O)O)=C(CSc3nncs3)CS[C@@H]12)c1csc(N)n1)C(=O)NNC(=O)c1ccc(O)c(O)c1.Cl. The van der Waals surface area contributed by atoms with E-state index in [4.69, 9.17) is 10.6 Å². The monoisotopic (exact) mass is 771 g/mol. The van der Waals surface area contributed by atoms with Gasteiger partial charge in [-0.05, 0) is 37.6 Å². The highest BCUT2D eigenvalue weighted by Crippen LogP contribution is 2.41. The topological polar surface area (TPSA) is 272 Å². The molecule has 1 unspecified atom stereocenters. The van der Waals surface area contributed by atoms with Crippen LogP contribution in [0.3, 0.4) is 0 Å². The highest BCUT2D eigenvalue weighted by Gasteiger charge is 2.54. The number of fused-ring (bicyclic) bond motifs is 1. The summed E-state index contributed by atoms with van der Waals surface area (Å²) in [6, 6.07) is 2.18. The second-order valence-corrected chi connectivity index (χ2v) is 14.4. The van der Waals surface area contributed by atoms with Crippen molar-refractivity contribution in [3.05, 3.63) is 51.6 Å². The second-order valence-electron chi connectivity index (χ2n) is 10.3. The van der Waals surface area contributed by atoms with Crippen molar-refractivity contribution in [3.63, 3.8) is 0 Å². The Morgan fingerprint density at radius 3 is 2.57 bits per heavy atom. The third kappa shape index (κ3) is 8.16. The predicted molar refractivity (Wildman–Crippen MR) is 181 cm³/mol. The fourth-order valence-corrected chi connectivity index (χ4v) is 7.70. The number of hydrazine groups is 1. The van der Waals surface area contributed by atoms with Crippen molar-refractivity contribution in [2.45, 2.75) is 35.2 Å². The maximum absolute atomic E-state index is 13.5. The van der Waals surface area contributed by atoms with Crippen molar-refractivity contribution in [1.29, 1.82) is 0 Å². The normalized spacial score (nSPS) is 17.3. The zero-order valence-corrected chi connectivity index (χ0v) is 29.2. The lowest BCUT2D eigenvalue weighted by Gasteiger charge is -2.49. The van der Waals surface area contributed by atoms with Crippen molar-refractivity contribution in [2.24, 2.45) is 5.16 Å². The summed E-state index contributed by atoms with van der Waals surface area (Å²) in [5.41, 5.74) is 9.65. The third-order valence-corrected chi connectivity index (χ3v) is 10.6. The summed E-state index contributed by atoms with van der Waals surface area (Å²) in [4.78, 5) is 74.7. The predicted octanol–water partition coefficient (Wildman–Crippen LogP) is 0.901. The summed E-state index contributed by atoms with van der Waals surface area (Å²) in [6.45, 7) is 2.59. The smallest absolute Gasteiger partial charge is 0.352 e. The Balaban J connectivity index is 0.00000541. The summed E-state index contributed by atoms with van der Waals surface area (Å²) in [5, 5.41) is 43.9. The van der Waals surface area contributed by atoms with Gasteiger partial charge in [0.2, 0.25) is 5.60 Å². The number of phenolic OH excluding ortho intramolecular Hbond substituents is 2. The van der Waals surface area contributed by atoms with Crippen molar-refractivity contribution in [1.82, 2.24) is 36.2 Å². The van der Waals surface area contributed by atoms with E-state index in [-0.39, 0.29) is 46.0 Å². The number of aliphatic carboxylic acids is 1. The molecule has 2 aliphatic rings. The summed E-state index contributed by atoms with van der Waals surface area (Å²) >= 11 is 4.88. The zero-order chi connectivity index (χ0) is 34.7. The molecule has 3 aromatic rings. The molecule has 260 valence electrons. The quantitative estimate of drug-likeness (QED) is 0.0469. The van der Waals surface area contributed by atoms with Crippen molar-refractivity contribution in [3.8, 4) is 11.5 Å². The fraction of sp³-hybridized carbons (Fsp3) is 0.269. The van der Waals surface area contributed by atoms with Crippen LogP contribution in [-0.2, 0) is 24.0 Å². The minimum absolute atomic E-state index is 0. The molecule has 1 fully saturated rings. The summed E-state index contributed by atoms with van der Waals surface area (Å²) in [6.07, 6.45) is 0. The standard InChI is InChI=1S/C26H25N9O9S4.ClH/c1-26(2,23(43)32-31-18(38)10-3-4-13(36)14(37)5-10)44-34-15(12-8-46-24(27)29-12)19(39)30-16-20(40)35-17(22(41)42)11(6-45-21(16)35)7-47-25-33-28-9-48-25;/h3-5,8-9,16,21,36-37H,6-7H2,1-2H3,(H2,27,29)(H,30,39)(H,31,38)(H,32,43)(H,41,42);1H/t16?,21-;/m0./s1. The fourth-order valence-electron chi connectivity index (χ4n) is 4.18. The summed E-state index contributed by atoms with van der Waals surface area (Å²) in [7, 11) is 0. The van der Waals surface area contributed by atoms with Crippen molar-refractivity contribution < 1.29 is 44.1 Å². The number of carbonyl (C=O) groups is 5. The Kier molecular flexibility index (Phi) is 11.6. The number of amides is 4. The molecule has 5 rings (SSSR count). The van der Waals surface area contributed by atoms with Gasteiger partial charge in [0.1, 0.15) is 28.3 Å². The van der Waals surface area contributed by atoms with Gasteiger partial charge in [-0.25, -0.2) is 9.78 Å². The minimum atomic E-state index is -1.79. The number of carboxylic acid groups (broad SMARTS) is 1. The van der Waals surface area contributed by atoms with Crippen LogP contribution in [0.15, 0.2) is 49.9 Å². The number of aromatic hydroxyl groups is 2. The highest BCUT2D eigenvalue weighted by molar-refractivity contribution is 8.01. The van der Waals surface area contributed by atoms with Gasteiger partial charge in [-0.1, -0.05) is 28.3 Å². The first-order valence-electron chi connectivity index (χ1n) is 13.5. The van der Waals surface area contributed by atoms with E-state index >= 15 is 0 Å². The number of β-lactam (4-membered cyclic amide) rings is 1. The number of carboxylic acids is 1. The lowest BCUT2D eigenvalue weighted by molar-refractivity contribution is -0.150. The molecule has 1 saturated heterocycles. The molecule has 23 heteroatoms. The molecule has 4 amide bonds. The Morgan fingerprint density at radius 1 is 1.18 bits per heavy atom. The molecule has 49 heavy (non-hydrogen) atoms. The first-order valence-corrected chi connectivity index (χ1v) is 17.3. The third-order valence-electron chi connectivity index (χ3n) is 6.67. The van der Waals surface area contributed by atoms with Crippen LogP contribution in [0, 0.1) is 0 Å². The van der Waals surface area contributed by atoms with Gasteiger partial charge in [-0.2, -0.15) is 0 Å². The molecular weight excluding hydrogens is 746 g/mol. The van der Waals surface area contributed by atoms with Gasteiger partial charge in [-0.15, -0.1) is 45.7 Å². The number of rotatable bonds is 11.